The van der Waals surface area contributed by atoms with Gasteiger partial charge in [-0.1, -0.05) is 17.7 Å². The quantitative estimate of drug-likeness (QED) is 0.413. The lowest BCUT2D eigenvalue weighted by atomic mass is 10.00. The summed E-state index contributed by atoms with van der Waals surface area (Å²) in [6, 6.07) is 15.0. The van der Waals surface area contributed by atoms with Gasteiger partial charge in [-0.2, -0.15) is 0 Å². The predicted molar refractivity (Wildman–Crippen MR) is 138 cm³/mol. The third-order valence-corrected chi connectivity index (χ3v) is 6.56. The maximum absolute atomic E-state index is 13.3. The second-order valence-corrected chi connectivity index (χ2v) is 9.01. The van der Waals surface area contributed by atoms with Crippen LogP contribution in [0, 0.1) is 0 Å². The van der Waals surface area contributed by atoms with Gasteiger partial charge in [0.25, 0.3) is 5.91 Å². The van der Waals surface area contributed by atoms with E-state index in [9.17, 15) is 9.59 Å². The SMILES string of the molecule is COc1ccc(-c2ccc3ncnc(-c4cc(Cl)cc(C(=O)N5CCN(C(C)=O)CC5)c4)c3c2)cn1. The Bertz CT molecular complexity index is 1450. The molecule has 0 N–H and O–H groups in total. The molecule has 1 aliphatic rings. The smallest absolute Gasteiger partial charge is 0.254 e. The highest BCUT2D eigenvalue weighted by atomic mass is 35.5. The summed E-state index contributed by atoms with van der Waals surface area (Å²) in [5.74, 6) is 0.445. The Labute approximate surface area is 213 Å². The van der Waals surface area contributed by atoms with E-state index < -0.39 is 0 Å². The minimum Gasteiger partial charge on any atom is -0.481 e. The average Bonchev–Trinajstić information content (AvgIpc) is 2.91. The molecule has 0 aliphatic carbocycles. The van der Waals surface area contributed by atoms with Crippen molar-refractivity contribution in [1.82, 2.24) is 24.8 Å². The molecule has 5 rings (SSSR count). The first-order valence-electron chi connectivity index (χ1n) is 11.5. The van der Waals surface area contributed by atoms with Crippen molar-refractivity contribution in [2.45, 2.75) is 6.92 Å². The molecule has 9 heteroatoms. The molecule has 3 heterocycles. The fourth-order valence-corrected chi connectivity index (χ4v) is 4.63. The van der Waals surface area contributed by atoms with Gasteiger partial charge in [0.15, 0.2) is 0 Å². The van der Waals surface area contributed by atoms with Crippen molar-refractivity contribution in [3.8, 4) is 28.3 Å². The van der Waals surface area contributed by atoms with Crippen LogP contribution in [0.2, 0.25) is 5.02 Å². The molecule has 0 bridgehead atoms. The van der Waals surface area contributed by atoms with Crippen molar-refractivity contribution in [3.05, 3.63) is 71.6 Å². The first-order chi connectivity index (χ1) is 17.4. The molecule has 0 atom stereocenters. The van der Waals surface area contributed by atoms with Gasteiger partial charge < -0.3 is 14.5 Å². The maximum Gasteiger partial charge on any atom is 0.254 e. The standard InChI is InChI=1S/C27H24ClN5O3/c1-17(34)32-7-9-33(10-8-32)27(35)21-11-20(12-22(28)13-21)26-23-14-18(3-5-24(23)30-16-31-26)19-4-6-25(36-2)29-15-19/h3-6,11-16H,7-10H2,1-2H3. The van der Waals surface area contributed by atoms with Crippen molar-refractivity contribution in [3.63, 3.8) is 0 Å². The number of benzene rings is 2. The minimum atomic E-state index is -0.120. The third kappa shape index (κ3) is 4.72. The van der Waals surface area contributed by atoms with Crippen molar-refractivity contribution < 1.29 is 14.3 Å². The Morgan fingerprint density at radius 2 is 1.61 bits per heavy atom. The summed E-state index contributed by atoms with van der Waals surface area (Å²) in [5.41, 5.74) is 4.55. The van der Waals surface area contributed by atoms with E-state index in [1.165, 1.54) is 6.33 Å². The molecular weight excluding hydrogens is 478 g/mol. The minimum absolute atomic E-state index is 0.0209. The van der Waals surface area contributed by atoms with Gasteiger partial charge in [0.2, 0.25) is 11.8 Å². The van der Waals surface area contributed by atoms with E-state index in [1.807, 2.05) is 36.4 Å². The van der Waals surface area contributed by atoms with Gasteiger partial charge in [-0.3, -0.25) is 9.59 Å². The van der Waals surface area contributed by atoms with Crippen LogP contribution in [0.25, 0.3) is 33.3 Å². The van der Waals surface area contributed by atoms with Gasteiger partial charge in [0.1, 0.15) is 6.33 Å². The van der Waals surface area contributed by atoms with Crippen LogP contribution in [0.3, 0.4) is 0 Å². The monoisotopic (exact) mass is 501 g/mol. The first-order valence-corrected chi connectivity index (χ1v) is 11.9. The Kier molecular flexibility index (Phi) is 6.52. The zero-order chi connectivity index (χ0) is 25.2. The van der Waals surface area contributed by atoms with Crippen LogP contribution in [0.1, 0.15) is 17.3 Å². The molecule has 2 aromatic heterocycles. The van der Waals surface area contributed by atoms with Crippen LogP contribution in [0.4, 0.5) is 0 Å². The number of aromatic nitrogens is 3. The molecule has 8 nitrogen and oxygen atoms in total. The molecule has 2 amide bonds. The number of ether oxygens (including phenoxy) is 1. The van der Waals surface area contributed by atoms with E-state index in [0.29, 0.717) is 48.3 Å². The van der Waals surface area contributed by atoms with E-state index in [1.54, 1.807) is 42.2 Å². The molecule has 2 aromatic carbocycles. The second kappa shape index (κ2) is 9.91. The van der Waals surface area contributed by atoms with E-state index >= 15 is 0 Å². The number of carbonyl (C=O) groups is 2. The first kappa shape index (κ1) is 23.7. The van der Waals surface area contributed by atoms with Crippen LogP contribution in [-0.2, 0) is 4.79 Å². The fourth-order valence-electron chi connectivity index (χ4n) is 4.39. The molecule has 0 radical (unpaired) electrons. The number of nitrogens with zero attached hydrogens (tertiary/aromatic N) is 5. The molecule has 36 heavy (non-hydrogen) atoms. The van der Waals surface area contributed by atoms with Crippen molar-refractivity contribution in [2.75, 3.05) is 33.3 Å². The summed E-state index contributed by atoms with van der Waals surface area (Å²) in [7, 11) is 1.58. The fraction of sp³-hybridized carbons (Fsp3) is 0.222. The van der Waals surface area contributed by atoms with Crippen molar-refractivity contribution >= 4 is 34.3 Å². The van der Waals surface area contributed by atoms with E-state index in [0.717, 1.165) is 27.6 Å². The topological polar surface area (TPSA) is 88.5 Å². The summed E-state index contributed by atoms with van der Waals surface area (Å²) in [4.78, 5) is 41.7. The predicted octanol–water partition coefficient (Wildman–Crippen LogP) is 4.33. The number of methoxy groups -OCH3 is 1. The van der Waals surface area contributed by atoms with Gasteiger partial charge >= 0.3 is 0 Å². The third-order valence-electron chi connectivity index (χ3n) is 6.34. The Hall–Kier alpha value is -4.04. The summed E-state index contributed by atoms with van der Waals surface area (Å²) < 4.78 is 5.16. The summed E-state index contributed by atoms with van der Waals surface area (Å²) in [5, 5.41) is 1.28. The van der Waals surface area contributed by atoms with E-state index in [4.69, 9.17) is 16.3 Å². The molecule has 1 fully saturated rings. The van der Waals surface area contributed by atoms with E-state index in [-0.39, 0.29) is 11.8 Å². The number of hydrogen-bond acceptors (Lipinski definition) is 6. The van der Waals surface area contributed by atoms with Crippen molar-refractivity contribution in [1.29, 1.82) is 0 Å². The number of carbonyl (C=O) groups excluding carboxylic acids is 2. The lowest BCUT2D eigenvalue weighted by Crippen LogP contribution is -2.50. The Morgan fingerprint density at radius 3 is 2.31 bits per heavy atom. The molecule has 0 spiro atoms. The van der Waals surface area contributed by atoms with Crippen LogP contribution in [0.5, 0.6) is 5.88 Å². The van der Waals surface area contributed by atoms with E-state index in [2.05, 4.69) is 15.0 Å². The maximum atomic E-state index is 13.3. The van der Waals surface area contributed by atoms with Crippen LogP contribution < -0.4 is 4.74 Å². The van der Waals surface area contributed by atoms with Crippen LogP contribution in [-0.4, -0.2) is 69.9 Å². The van der Waals surface area contributed by atoms with Crippen LogP contribution >= 0.6 is 11.6 Å². The average molecular weight is 502 g/mol. The number of hydrogen-bond donors (Lipinski definition) is 0. The van der Waals surface area contributed by atoms with Crippen LogP contribution in [0.15, 0.2) is 61.1 Å². The number of fused-ring (bicyclic) bond motifs is 1. The highest BCUT2D eigenvalue weighted by Crippen LogP contribution is 2.32. The largest absolute Gasteiger partial charge is 0.481 e. The summed E-state index contributed by atoms with van der Waals surface area (Å²) >= 11 is 6.47. The van der Waals surface area contributed by atoms with Gasteiger partial charge in [-0.15, -0.1) is 0 Å². The molecule has 4 aromatic rings. The Morgan fingerprint density at radius 1 is 0.861 bits per heavy atom. The summed E-state index contributed by atoms with van der Waals surface area (Å²) in [6.07, 6.45) is 3.27. The highest BCUT2D eigenvalue weighted by molar-refractivity contribution is 6.31. The highest BCUT2D eigenvalue weighted by Gasteiger charge is 2.24. The molecule has 0 saturated carbocycles. The van der Waals surface area contributed by atoms with Crippen molar-refractivity contribution in [2.24, 2.45) is 0 Å². The lowest BCUT2D eigenvalue weighted by Gasteiger charge is -2.34. The Balaban J connectivity index is 1.50. The molecule has 182 valence electrons. The van der Waals surface area contributed by atoms with Gasteiger partial charge in [0, 0.05) is 72.5 Å². The number of amides is 2. The number of rotatable bonds is 4. The summed E-state index contributed by atoms with van der Waals surface area (Å²) in [6.45, 7) is 3.55. The van der Waals surface area contributed by atoms with Gasteiger partial charge in [0.05, 0.1) is 18.3 Å². The molecule has 0 unspecified atom stereocenters. The molecule has 1 saturated heterocycles. The lowest BCUT2D eigenvalue weighted by molar-refractivity contribution is -0.130. The normalized spacial score (nSPS) is 13.6. The molecule has 1 aliphatic heterocycles. The molecular formula is C27H24ClN5O3. The van der Waals surface area contributed by atoms with Gasteiger partial charge in [-0.25, -0.2) is 15.0 Å². The van der Waals surface area contributed by atoms with Gasteiger partial charge in [-0.05, 0) is 42.0 Å². The second-order valence-electron chi connectivity index (χ2n) is 8.57. The number of piperazine rings is 1. The number of pyridine rings is 1. The zero-order valence-electron chi connectivity index (χ0n) is 19.9. The number of halogens is 1. The zero-order valence-corrected chi connectivity index (χ0v) is 20.7.